The summed E-state index contributed by atoms with van der Waals surface area (Å²) in [7, 11) is 3.25. The van der Waals surface area contributed by atoms with Gasteiger partial charge in [-0.25, -0.2) is 0 Å². The van der Waals surface area contributed by atoms with Crippen LogP contribution in [0.2, 0.25) is 0 Å². The van der Waals surface area contributed by atoms with E-state index in [0.717, 1.165) is 0 Å². The third-order valence-corrected chi connectivity index (χ3v) is 0.949. The van der Waals surface area contributed by atoms with E-state index < -0.39 is 0 Å². The van der Waals surface area contributed by atoms with Crippen molar-refractivity contribution in [2.24, 2.45) is 5.73 Å². The Morgan fingerprint density at radius 1 is 1.50 bits per heavy atom. The number of hydrogen-bond donors (Lipinski definition) is 1. The fourth-order valence-electron chi connectivity index (χ4n) is 0.418. The van der Waals surface area contributed by atoms with Crippen LogP contribution in [0.3, 0.4) is 0 Å². The van der Waals surface area contributed by atoms with E-state index >= 15 is 0 Å². The molecule has 0 rings (SSSR count). The first kappa shape index (κ1) is 7.88. The zero-order valence-corrected chi connectivity index (χ0v) is 5.39. The maximum absolute atomic E-state index is 5.26. The molecule has 0 fully saturated rings. The van der Waals surface area contributed by atoms with Gasteiger partial charge in [-0.15, -0.1) is 0 Å². The van der Waals surface area contributed by atoms with Crippen molar-refractivity contribution in [1.82, 2.24) is 0 Å². The molecule has 1 atom stereocenters. The predicted octanol–water partition coefficient (Wildman–Crippen LogP) is -0.393. The van der Waals surface area contributed by atoms with Crippen LogP contribution in [-0.4, -0.2) is 33.5 Å². The van der Waals surface area contributed by atoms with E-state index in [2.05, 4.69) is 0 Å². The molecule has 0 aliphatic heterocycles. The molecular formula is C5H13NO2. The largest absolute Gasteiger partial charge is 0.382 e. The topological polar surface area (TPSA) is 44.5 Å². The lowest BCUT2D eigenvalue weighted by atomic mass is 10.4. The summed E-state index contributed by atoms with van der Waals surface area (Å²) in [6.45, 7) is 1.09. The Labute approximate surface area is 49.8 Å². The van der Waals surface area contributed by atoms with Gasteiger partial charge in [0, 0.05) is 20.8 Å². The highest BCUT2D eigenvalue weighted by Crippen LogP contribution is 1.84. The number of hydrogen-bond acceptors (Lipinski definition) is 3. The zero-order chi connectivity index (χ0) is 6.41. The molecule has 0 amide bonds. The molecule has 0 heterocycles. The van der Waals surface area contributed by atoms with Gasteiger partial charge >= 0.3 is 0 Å². The van der Waals surface area contributed by atoms with E-state index in [1.165, 1.54) is 0 Å². The quantitative estimate of drug-likeness (QED) is 0.548. The number of methoxy groups -OCH3 is 2. The third kappa shape index (κ3) is 2.96. The van der Waals surface area contributed by atoms with Gasteiger partial charge in [-0.2, -0.15) is 0 Å². The van der Waals surface area contributed by atoms with Crippen molar-refractivity contribution in [3.63, 3.8) is 0 Å². The molecule has 0 saturated heterocycles. The van der Waals surface area contributed by atoms with Crippen molar-refractivity contribution in [2.75, 3.05) is 27.4 Å². The Morgan fingerprint density at radius 3 is 2.25 bits per heavy atom. The van der Waals surface area contributed by atoms with Crippen LogP contribution in [0, 0.1) is 0 Å². The number of ether oxygens (including phenoxy) is 2. The molecular weight excluding hydrogens is 106 g/mol. The fraction of sp³-hybridized carbons (Fsp3) is 1.00. The summed E-state index contributed by atoms with van der Waals surface area (Å²) in [5.41, 5.74) is 5.26. The Bertz CT molecular complexity index is 45.7. The molecule has 50 valence electrons. The second-order valence-electron chi connectivity index (χ2n) is 1.55. The summed E-state index contributed by atoms with van der Waals surface area (Å²) in [4.78, 5) is 0. The Hall–Kier alpha value is -0.120. The van der Waals surface area contributed by atoms with Crippen LogP contribution in [-0.2, 0) is 9.47 Å². The first-order chi connectivity index (χ1) is 3.85. The van der Waals surface area contributed by atoms with E-state index in [0.29, 0.717) is 13.2 Å². The number of nitrogens with two attached hydrogens (primary N) is 1. The molecule has 8 heavy (non-hydrogen) atoms. The van der Waals surface area contributed by atoms with Crippen LogP contribution in [0.5, 0.6) is 0 Å². The normalized spacial score (nSPS) is 13.9. The van der Waals surface area contributed by atoms with Crippen LogP contribution in [0.15, 0.2) is 0 Å². The highest BCUT2D eigenvalue weighted by atomic mass is 16.5. The average molecular weight is 119 g/mol. The molecule has 0 aromatic carbocycles. The van der Waals surface area contributed by atoms with Gasteiger partial charge in [0.15, 0.2) is 0 Å². The van der Waals surface area contributed by atoms with E-state index in [9.17, 15) is 0 Å². The molecule has 0 aromatic rings. The SMILES string of the molecule is COC[C@H](CN)OC. The first-order valence-corrected chi connectivity index (χ1v) is 2.57. The van der Waals surface area contributed by atoms with Crippen molar-refractivity contribution in [3.8, 4) is 0 Å². The predicted molar refractivity (Wildman–Crippen MR) is 31.7 cm³/mol. The van der Waals surface area contributed by atoms with Gasteiger partial charge in [-0.1, -0.05) is 0 Å². The standard InChI is InChI=1S/C5H13NO2/c1-7-4-5(3-6)8-2/h5H,3-4,6H2,1-2H3/t5-/m0/s1. The Kier molecular flexibility index (Phi) is 4.95. The number of rotatable bonds is 4. The van der Waals surface area contributed by atoms with Crippen LogP contribution in [0.1, 0.15) is 0 Å². The summed E-state index contributed by atoms with van der Waals surface area (Å²) in [5, 5.41) is 0. The summed E-state index contributed by atoms with van der Waals surface area (Å²) >= 11 is 0. The molecule has 0 aliphatic rings. The maximum atomic E-state index is 5.26. The zero-order valence-electron chi connectivity index (χ0n) is 5.39. The van der Waals surface area contributed by atoms with Crippen LogP contribution < -0.4 is 5.73 Å². The van der Waals surface area contributed by atoms with Crippen molar-refractivity contribution < 1.29 is 9.47 Å². The molecule has 3 nitrogen and oxygen atoms in total. The molecule has 2 N–H and O–H groups in total. The molecule has 0 spiro atoms. The highest BCUT2D eigenvalue weighted by molar-refractivity contribution is 4.53. The van der Waals surface area contributed by atoms with Gasteiger partial charge in [0.2, 0.25) is 0 Å². The minimum Gasteiger partial charge on any atom is -0.382 e. The Balaban J connectivity index is 3.07. The lowest BCUT2D eigenvalue weighted by Gasteiger charge is -2.09. The minimum atomic E-state index is 0.0556. The third-order valence-electron chi connectivity index (χ3n) is 0.949. The van der Waals surface area contributed by atoms with Gasteiger partial charge in [-0.05, 0) is 0 Å². The van der Waals surface area contributed by atoms with E-state index in [-0.39, 0.29) is 6.10 Å². The Morgan fingerprint density at radius 2 is 2.12 bits per heavy atom. The van der Waals surface area contributed by atoms with E-state index in [4.69, 9.17) is 15.2 Å². The van der Waals surface area contributed by atoms with E-state index in [1.807, 2.05) is 0 Å². The molecule has 0 aliphatic carbocycles. The second kappa shape index (κ2) is 5.03. The summed E-state index contributed by atoms with van der Waals surface area (Å²) in [6.07, 6.45) is 0.0556. The highest BCUT2D eigenvalue weighted by Gasteiger charge is 2.00. The summed E-state index contributed by atoms with van der Waals surface area (Å²) < 4.78 is 9.67. The van der Waals surface area contributed by atoms with Crippen molar-refractivity contribution in [1.29, 1.82) is 0 Å². The van der Waals surface area contributed by atoms with E-state index in [1.54, 1.807) is 14.2 Å². The summed E-state index contributed by atoms with van der Waals surface area (Å²) in [6, 6.07) is 0. The molecule has 0 unspecified atom stereocenters. The fourth-order valence-corrected chi connectivity index (χ4v) is 0.418. The van der Waals surface area contributed by atoms with Crippen molar-refractivity contribution >= 4 is 0 Å². The minimum absolute atomic E-state index is 0.0556. The van der Waals surface area contributed by atoms with Crippen LogP contribution >= 0.6 is 0 Å². The molecule has 0 aromatic heterocycles. The molecule has 3 heteroatoms. The van der Waals surface area contributed by atoms with Crippen molar-refractivity contribution in [2.45, 2.75) is 6.10 Å². The van der Waals surface area contributed by atoms with Crippen LogP contribution in [0.4, 0.5) is 0 Å². The molecule has 0 bridgehead atoms. The van der Waals surface area contributed by atoms with Gasteiger partial charge in [0.05, 0.1) is 12.7 Å². The van der Waals surface area contributed by atoms with Gasteiger partial charge in [-0.3, -0.25) is 0 Å². The van der Waals surface area contributed by atoms with Crippen LogP contribution in [0.25, 0.3) is 0 Å². The maximum Gasteiger partial charge on any atom is 0.0926 e. The molecule has 0 saturated carbocycles. The molecule has 0 radical (unpaired) electrons. The monoisotopic (exact) mass is 119 g/mol. The lowest BCUT2D eigenvalue weighted by molar-refractivity contribution is 0.0341. The smallest absolute Gasteiger partial charge is 0.0926 e. The first-order valence-electron chi connectivity index (χ1n) is 2.57. The summed E-state index contributed by atoms with van der Waals surface area (Å²) in [5.74, 6) is 0. The lowest BCUT2D eigenvalue weighted by Crippen LogP contribution is -2.26. The second-order valence-corrected chi connectivity index (χ2v) is 1.55. The van der Waals surface area contributed by atoms with Gasteiger partial charge in [0.25, 0.3) is 0 Å². The van der Waals surface area contributed by atoms with Crippen molar-refractivity contribution in [3.05, 3.63) is 0 Å². The van der Waals surface area contributed by atoms with Gasteiger partial charge in [0.1, 0.15) is 0 Å². The van der Waals surface area contributed by atoms with Gasteiger partial charge < -0.3 is 15.2 Å². The average Bonchev–Trinajstić information content (AvgIpc) is 1.83.